The molecule has 1 rings (SSSR count). The lowest BCUT2D eigenvalue weighted by atomic mass is 9.89. The smallest absolute Gasteiger partial charge is 0.253 e. The van der Waals surface area contributed by atoms with E-state index in [4.69, 9.17) is 6.42 Å². The van der Waals surface area contributed by atoms with Gasteiger partial charge in [-0.05, 0) is 25.0 Å². The summed E-state index contributed by atoms with van der Waals surface area (Å²) >= 11 is 0. The van der Waals surface area contributed by atoms with Gasteiger partial charge >= 0.3 is 0 Å². The zero-order valence-corrected chi connectivity index (χ0v) is 12.8. The molecule has 0 saturated heterocycles. The molecule has 0 spiro atoms. The molecule has 5 nitrogen and oxygen atoms in total. The number of aliphatic hydroxyl groups is 1. The number of aromatic nitrogens is 1. The number of anilines is 1. The summed E-state index contributed by atoms with van der Waals surface area (Å²) in [5.74, 6) is 2.89. The molecule has 1 amide bonds. The van der Waals surface area contributed by atoms with Gasteiger partial charge in [0.2, 0.25) is 0 Å². The van der Waals surface area contributed by atoms with Crippen molar-refractivity contribution in [1.82, 2.24) is 10.3 Å². The van der Waals surface area contributed by atoms with E-state index in [0.717, 1.165) is 6.42 Å². The van der Waals surface area contributed by atoms with Crippen molar-refractivity contribution in [3.8, 4) is 12.3 Å². The minimum absolute atomic E-state index is 0.179. The molecular formula is C16H23N3O2. The van der Waals surface area contributed by atoms with Crippen molar-refractivity contribution in [2.45, 2.75) is 32.8 Å². The molecule has 0 aliphatic heterocycles. The van der Waals surface area contributed by atoms with Gasteiger partial charge in [0.1, 0.15) is 5.82 Å². The molecule has 0 aromatic carbocycles. The van der Waals surface area contributed by atoms with Crippen LogP contribution in [0.25, 0.3) is 0 Å². The van der Waals surface area contributed by atoms with Gasteiger partial charge in [0.25, 0.3) is 5.91 Å². The monoisotopic (exact) mass is 289 g/mol. The Labute approximate surface area is 126 Å². The molecule has 2 atom stereocenters. The van der Waals surface area contributed by atoms with Crippen LogP contribution in [-0.4, -0.2) is 34.7 Å². The molecule has 0 aliphatic rings. The Kier molecular flexibility index (Phi) is 6.19. The van der Waals surface area contributed by atoms with Crippen molar-refractivity contribution in [2.75, 3.05) is 18.4 Å². The van der Waals surface area contributed by atoms with E-state index >= 15 is 0 Å². The van der Waals surface area contributed by atoms with Gasteiger partial charge in [-0.1, -0.05) is 26.2 Å². The zero-order valence-electron chi connectivity index (χ0n) is 12.8. The molecule has 3 N–H and O–H groups in total. The minimum atomic E-state index is -0.806. The van der Waals surface area contributed by atoms with Gasteiger partial charge in [-0.15, -0.1) is 6.42 Å². The minimum Gasteiger partial charge on any atom is -0.388 e. The van der Waals surface area contributed by atoms with Crippen LogP contribution in [0.1, 0.15) is 37.6 Å². The van der Waals surface area contributed by atoms with Crippen LogP contribution in [0, 0.1) is 18.3 Å². The van der Waals surface area contributed by atoms with E-state index in [0.29, 0.717) is 17.9 Å². The van der Waals surface area contributed by atoms with E-state index in [2.05, 4.69) is 21.5 Å². The standard InChI is InChI=1S/C16H23N3O2/c1-5-9-17-15(20)13-7-8-14(18-10-13)19-11-16(4,21)12(3)6-2/h1,7-8,10,12,21H,6,9,11H2,2-4H3,(H,17,20)(H,18,19)/t12-,16+/m1/s1. The summed E-state index contributed by atoms with van der Waals surface area (Å²) in [6.45, 7) is 6.44. The lowest BCUT2D eigenvalue weighted by molar-refractivity contribution is 0.0175. The molecule has 0 radical (unpaired) electrons. The second-order valence-corrected chi connectivity index (χ2v) is 5.34. The Morgan fingerprint density at radius 1 is 1.57 bits per heavy atom. The van der Waals surface area contributed by atoms with E-state index in [-0.39, 0.29) is 18.4 Å². The fourth-order valence-corrected chi connectivity index (χ4v) is 1.75. The van der Waals surface area contributed by atoms with Crippen molar-refractivity contribution < 1.29 is 9.90 Å². The predicted octanol–water partition coefficient (Wildman–Crippen LogP) is 1.65. The van der Waals surface area contributed by atoms with E-state index in [1.54, 1.807) is 19.1 Å². The number of pyridine rings is 1. The highest BCUT2D eigenvalue weighted by atomic mass is 16.3. The number of carbonyl (C=O) groups is 1. The highest BCUT2D eigenvalue weighted by molar-refractivity contribution is 5.94. The molecule has 21 heavy (non-hydrogen) atoms. The van der Waals surface area contributed by atoms with Crippen LogP contribution < -0.4 is 10.6 Å². The molecule has 0 bridgehead atoms. The molecule has 5 heteroatoms. The summed E-state index contributed by atoms with van der Waals surface area (Å²) in [5, 5.41) is 16.0. The fraction of sp³-hybridized carbons (Fsp3) is 0.500. The van der Waals surface area contributed by atoms with Gasteiger partial charge in [0.15, 0.2) is 0 Å². The third-order valence-electron chi connectivity index (χ3n) is 3.68. The highest BCUT2D eigenvalue weighted by Crippen LogP contribution is 2.20. The largest absolute Gasteiger partial charge is 0.388 e. The molecule has 0 aliphatic carbocycles. The second-order valence-electron chi connectivity index (χ2n) is 5.34. The fourth-order valence-electron chi connectivity index (χ4n) is 1.75. The SMILES string of the molecule is C#CCNC(=O)c1ccc(NC[C@](C)(O)[C@H](C)CC)nc1. The van der Waals surface area contributed by atoms with Crippen LogP contribution in [-0.2, 0) is 0 Å². The average Bonchev–Trinajstić information content (AvgIpc) is 2.50. The Morgan fingerprint density at radius 3 is 2.81 bits per heavy atom. The Morgan fingerprint density at radius 2 is 2.29 bits per heavy atom. The molecule has 0 fully saturated rings. The van der Waals surface area contributed by atoms with E-state index in [1.807, 2.05) is 13.8 Å². The van der Waals surface area contributed by atoms with Crippen molar-refractivity contribution >= 4 is 11.7 Å². The van der Waals surface area contributed by atoms with Crippen molar-refractivity contribution in [1.29, 1.82) is 0 Å². The van der Waals surface area contributed by atoms with Gasteiger partial charge in [0.05, 0.1) is 17.7 Å². The van der Waals surface area contributed by atoms with Gasteiger partial charge in [-0.2, -0.15) is 0 Å². The van der Waals surface area contributed by atoms with Crippen LogP contribution in [0.2, 0.25) is 0 Å². The molecular weight excluding hydrogens is 266 g/mol. The topological polar surface area (TPSA) is 74.2 Å². The van der Waals surface area contributed by atoms with Gasteiger partial charge in [-0.25, -0.2) is 4.98 Å². The summed E-state index contributed by atoms with van der Waals surface area (Å²) in [6.07, 6.45) is 7.46. The predicted molar refractivity (Wildman–Crippen MR) is 84.0 cm³/mol. The second kappa shape index (κ2) is 7.65. The molecule has 1 aromatic rings. The maximum absolute atomic E-state index is 11.7. The number of amides is 1. The molecule has 114 valence electrons. The zero-order chi connectivity index (χ0) is 15.9. The number of hydrogen-bond acceptors (Lipinski definition) is 4. The first kappa shape index (κ1) is 17.0. The van der Waals surface area contributed by atoms with E-state index in [9.17, 15) is 9.90 Å². The normalized spacial score (nSPS) is 14.6. The molecule has 0 saturated carbocycles. The first-order valence-corrected chi connectivity index (χ1v) is 7.04. The molecule has 1 heterocycles. The first-order valence-electron chi connectivity index (χ1n) is 7.04. The lowest BCUT2D eigenvalue weighted by Gasteiger charge is -2.30. The summed E-state index contributed by atoms with van der Waals surface area (Å²) in [6, 6.07) is 3.37. The van der Waals surface area contributed by atoms with Crippen LogP contribution >= 0.6 is 0 Å². The maximum Gasteiger partial charge on any atom is 0.253 e. The molecule has 1 aromatic heterocycles. The number of nitrogens with zero attached hydrogens (tertiary/aromatic N) is 1. The summed E-state index contributed by atoms with van der Waals surface area (Å²) < 4.78 is 0. The van der Waals surface area contributed by atoms with Crippen molar-refractivity contribution in [3.63, 3.8) is 0 Å². The van der Waals surface area contributed by atoms with Crippen LogP contribution in [0.5, 0.6) is 0 Å². The highest BCUT2D eigenvalue weighted by Gasteiger charge is 2.26. The molecule has 0 unspecified atom stereocenters. The van der Waals surface area contributed by atoms with Crippen molar-refractivity contribution in [2.24, 2.45) is 5.92 Å². The summed E-state index contributed by atoms with van der Waals surface area (Å²) in [5.41, 5.74) is -0.358. The number of nitrogens with one attached hydrogen (secondary N) is 2. The third kappa shape index (κ3) is 5.09. The number of terminal acetylenes is 1. The Bertz CT molecular complexity index is 503. The van der Waals surface area contributed by atoms with Crippen LogP contribution in [0.3, 0.4) is 0 Å². The van der Waals surface area contributed by atoms with E-state index < -0.39 is 5.60 Å². The van der Waals surface area contributed by atoms with Gasteiger partial charge in [0, 0.05) is 12.7 Å². The lowest BCUT2D eigenvalue weighted by Crippen LogP contribution is -2.40. The number of hydrogen-bond donors (Lipinski definition) is 3. The first-order chi connectivity index (χ1) is 9.90. The summed E-state index contributed by atoms with van der Waals surface area (Å²) in [7, 11) is 0. The Balaban J connectivity index is 2.59. The maximum atomic E-state index is 11.7. The Hall–Kier alpha value is -2.06. The average molecular weight is 289 g/mol. The quantitative estimate of drug-likeness (QED) is 0.667. The third-order valence-corrected chi connectivity index (χ3v) is 3.68. The van der Waals surface area contributed by atoms with Crippen LogP contribution in [0.4, 0.5) is 5.82 Å². The van der Waals surface area contributed by atoms with Crippen LogP contribution in [0.15, 0.2) is 18.3 Å². The van der Waals surface area contributed by atoms with Gasteiger partial charge < -0.3 is 15.7 Å². The summed E-state index contributed by atoms with van der Waals surface area (Å²) in [4.78, 5) is 15.8. The van der Waals surface area contributed by atoms with E-state index in [1.165, 1.54) is 6.20 Å². The number of carbonyl (C=O) groups excluding carboxylic acids is 1. The van der Waals surface area contributed by atoms with Gasteiger partial charge in [-0.3, -0.25) is 4.79 Å². The van der Waals surface area contributed by atoms with Crippen molar-refractivity contribution in [3.05, 3.63) is 23.9 Å². The number of rotatable bonds is 7.